The van der Waals surface area contributed by atoms with Crippen molar-refractivity contribution >= 4 is 23.9 Å². The van der Waals surface area contributed by atoms with Crippen LogP contribution in [0.1, 0.15) is 186 Å². The lowest BCUT2D eigenvalue weighted by molar-refractivity contribution is -0.185. The number of hydrogen-bond donors (Lipinski definition) is 0. The Morgan fingerprint density at radius 2 is 1.19 bits per heavy atom. The van der Waals surface area contributed by atoms with Gasteiger partial charge in [-0.3, -0.25) is 19.2 Å². The smallest absolute Gasteiger partial charge is 0.306 e. The molecule has 2 aromatic rings. The Balaban J connectivity index is 1.85. The minimum Gasteiger partial charge on any atom is -0.459 e. The highest BCUT2D eigenvalue weighted by molar-refractivity contribution is 5.70. The van der Waals surface area contributed by atoms with Crippen molar-refractivity contribution in [2.75, 3.05) is 0 Å². The van der Waals surface area contributed by atoms with E-state index in [9.17, 15) is 19.2 Å². The van der Waals surface area contributed by atoms with Crippen molar-refractivity contribution in [2.45, 2.75) is 194 Å². The van der Waals surface area contributed by atoms with E-state index >= 15 is 0 Å². The van der Waals surface area contributed by atoms with Crippen molar-refractivity contribution in [3.63, 3.8) is 0 Å². The first-order chi connectivity index (χ1) is 25.1. The molecule has 12 nitrogen and oxygen atoms in total. The van der Waals surface area contributed by atoms with Gasteiger partial charge in [0.05, 0.1) is 12.6 Å². The lowest BCUT2D eigenvalue weighted by Crippen LogP contribution is -2.44. The Morgan fingerprint density at radius 3 is 1.67 bits per heavy atom. The second-order valence-electron chi connectivity index (χ2n) is 13.8. The van der Waals surface area contributed by atoms with Crippen LogP contribution < -0.4 is 0 Å². The van der Waals surface area contributed by atoms with E-state index in [0.29, 0.717) is 18.1 Å². The third-order valence-corrected chi connectivity index (χ3v) is 8.96. The molecule has 0 spiro atoms. The van der Waals surface area contributed by atoms with Gasteiger partial charge in [-0.15, -0.1) is 0 Å². The summed E-state index contributed by atoms with van der Waals surface area (Å²) in [7, 11) is 0. The van der Waals surface area contributed by atoms with Gasteiger partial charge in [-0.25, -0.2) is 9.97 Å². The van der Waals surface area contributed by atoms with Gasteiger partial charge < -0.3 is 27.8 Å². The predicted octanol–water partition coefficient (Wildman–Crippen LogP) is 9.47. The van der Waals surface area contributed by atoms with E-state index in [-0.39, 0.29) is 25.0 Å². The summed E-state index contributed by atoms with van der Waals surface area (Å²) in [4.78, 5) is 57.5. The van der Waals surface area contributed by atoms with Crippen molar-refractivity contribution in [3.8, 4) is 0 Å². The fourth-order valence-corrected chi connectivity index (χ4v) is 6.32. The third kappa shape index (κ3) is 20.4. The molecule has 2 aromatic heterocycles. The molecule has 0 N–H and O–H groups in total. The Labute approximate surface area is 310 Å². The Hall–Kier alpha value is -3.70. The summed E-state index contributed by atoms with van der Waals surface area (Å²) in [5, 5.41) is 0. The van der Waals surface area contributed by atoms with Crippen LogP contribution in [-0.4, -0.2) is 52.2 Å². The van der Waals surface area contributed by atoms with E-state index in [1.165, 1.54) is 136 Å². The lowest BCUT2D eigenvalue weighted by Gasteiger charge is -2.31. The van der Waals surface area contributed by atoms with Gasteiger partial charge in [-0.1, -0.05) is 116 Å². The van der Waals surface area contributed by atoms with E-state index in [2.05, 4.69) is 16.9 Å². The van der Waals surface area contributed by atoms with Crippen LogP contribution in [0.25, 0.3) is 0 Å². The maximum atomic E-state index is 13.1. The molecule has 0 saturated carbocycles. The first kappa shape index (κ1) is 44.5. The van der Waals surface area contributed by atoms with Crippen molar-refractivity contribution in [1.82, 2.24) is 9.97 Å². The number of ether oxygens (including phenoxy) is 4. The van der Waals surface area contributed by atoms with Crippen LogP contribution in [0.5, 0.6) is 0 Å². The number of aromatic nitrogens is 2. The molecule has 0 saturated heterocycles. The quantitative estimate of drug-likeness (QED) is 0.0426. The van der Waals surface area contributed by atoms with Gasteiger partial charge in [0.25, 0.3) is 0 Å². The zero-order chi connectivity index (χ0) is 38.0. The van der Waals surface area contributed by atoms with Gasteiger partial charge in [-0.2, -0.15) is 0 Å². The Bertz CT molecular complexity index is 1260. The molecule has 0 aliphatic carbocycles. The molecular weight excluding hydrogens is 668 g/mol. The molecule has 2 rings (SSSR count). The number of hydrogen-bond acceptors (Lipinski definition) is 12. The number of nitrogens with zero attached hydrogens (tertiary/aromatic N) is 2. The van der Waals surface area contributed by atoms with Crippen molar-refractivity contribution < 1.29 is 47.0 Å². The zero-order valence-corrected chi connectivity index (χ0v) is 32.4. The van der Waals surface area contributed by atoms with E-state index in [1.807, 2.05) is 0 Å². The summed E-state index contributed by atoms with van der Waals surface area (Å²) in [5.41, 5.74) is 0.277. The first-order valence-corrected chi connectivity index (χ1v) is 19.6. The molecule has 4 atom stereocenters. The SMILES string of the molecule is CCCCCCCCCCCCCCCCCCCCC(=O)O[C@H](C[C@H](OC(C)=O)[C@H](OC(C)=O)[C@H](C)OC(C)=O)c1coc(Cc2cnco2)n1. The molecule has 0 bridgehead atoms. The first-order valence-electron chi connectivity index (χ1n) is 19.6. The second kappa shape index (κ2) is 27.0. The minimum absolute atomic E-state index is 0.137. The molecule has 0 unspecified atom stereocenters. The molecular formula is C40H64N2O10. The van der Waals surface area contributed by atoms with E-state index in [0.717, 1.165) is 19.3 Å². The van der Waals surface area contributed by atoms with Crippen molar-refractivity contribution in [3.05, 3.63) is 36.2 Å². The summed E-state index contributed by atoms with van der Waals surface area (Å²) < 4.78 is 33.1. The fourth-order valence-electron chi connectivity index (χ4n) is 6.32. The Morgan fingerprint density at radius 1 is 0.673 bits per heavy atom. The molecule has 0 fully saturated rings. The van der Waals surface area contributed by atoms with Crippen molar-refractivity contribution in [1.29, 1.82) is 0 Å². The number of oxazole rings is 2. The summed E-state index contributed by atoms with van der Waals surface area (Å²) in [6.45, 7) is 7.41. The topological polar surface area (TPSA) is 157 Å². The third-order valence-electron chi connectivity index (χ3n) is 8.96. The number of rotatable bonds is 30. The van der Waals surface area contributed by atoms with Crippen LogP contribution in [0.15, 0.2) is 27.7 Å². The van der Waals surface area contributed by atoms with Gasteiger partial charge >= 0.3 is 23.9 Å². The van der Waals surface area contributed by atoms with Crippen LogP contribution in [0.2, 0.25) is 0 Å². The summed E-state index contributed by atoms with van der Waals surface area (Å²) >= 11 is 0. The summed E-state index contributed by atoms with van der Waals surface area (Å²) in [5.74, 6) is -1.55. The van der Waals surface area contributed by atoms with Crippen LogP contribution >= 0.6 is 0 Å². The van der Waals surface area contributed by atoms with E-state index < -0.39 is 48.3 Å². The van der Waals surface area contributed by atoms with Gasteiger partial charge in [0.15, 0.2) is 18.6 Å². The molecule has 0 aromatic carbocycles. The predicted molar refractivity (Wildman–Crippen MR) is 195 cm³/mol. The highest BCUT2D eigenvalue weighted by Crippen LogP contribution is 2.29. The standard InChI is InChI=1S/C40H64N2O10/c1-6-7-8-9-10-11-12-13-14-15-16-17-18-19-20-21-22-23-24-39(46)52-36(35-28-47-38(42-35)25-34-27-41-29-48-34)26-37(50-32(4)44)40(51-33(5)45)30(2)49-31(3)43/h27-30,36-37,40H,6-26H2,1-5H3/t30-,36+,37-,40+/m0/s1. The molecule has 52 heavy (non-hydrogen) atoms. The molecule has 294 valence electrons. The highest BCUT2D eigenvalue weighted by Gasteiger charge is 2.38. The molecule has 0 amide bonds. The molecule has 0 radical (unpaired) electrons. The van der Waals surface area contributed by atoms with Gasteiger partial charge in [0.1, 0.15) is 29.9 Å². The summed E-state index contributed by atoms with van der Waals surface area (Å²) in [6, 6.07) is 0. The van der Waals surface area contributed by atoms with E-state index in [4.69, 9.17) is 27.8 Å². The molecule has 2 heterocycles. The van der Waals surface area contributed by atoms with Gasteiger partial charge in [0, 0.05) is 33.6 Å². The maximum absolute atomic E-state index is 13.1. The van der Waals surface area contributed by atoms with E-state index in [1.54, 1.807) is 0 Å². The van der Waals surface area contributed by atoms with Crippen LogP contribution in [0.3, 0.4) is 0 Å². The fraction of sp³-hybridized carbons (Fsp3) is 0.750. The van der Waals surface area contributed by atoms with Crippen LogP contribution in [0.4, 0.5) is 0 Å². The number of unbranched alkanes of at least 4 members (excludes halogenated alkanes) is 17. The molecule has 0 aliphatic rings. The molecule has 0 aliphatic heterocycles. The van der Waals surface area contributed by atoms with Gasteiger partial charge in [-0.05, 0) is 13.3 Å². The zero-order valence-electron chi connectivity index (χ0n) is 32.4. The number of carbonyl (C=O) groups is 4. The second-order valence-corrected chi connectivity index (χ2v) is 13.8. The van der Waals surface area contributed by atoms with Crippen LogP contribution in [0, 0.1) is 0 Å². The van der Waals surface area contributed by atoms with Gasteiger partial charge in [0.2, 0.25) is 5.89 Å². The normalized spacial score (nSPS) is 13.6. The lowest BCUT2D eigenvalue weighted by atomic mass is 10.0. The minimum atomic E-state index is -1.18. The number of esters is 4. The van der Waals surface area contributed by atoms with Crippen molar-refractivity contribution in [2.24, 2.45) is 0 Å². The highest BCUT2D eigenvalue weighted by atomic mass is 16.6. The summed E-state index contributed by atoms with van der Waals surface area (Å²) in [6.07, 6.45) is 22.7. The molecule has 12 heteroatoms. The Kier molecular flexibility index (Phi) is 23.1. The largest absolute Gasteiger partial charge is 0.459 e. The maximum Gasteiger partial charge on any atom is 0.306 e. The monoisotopic (exact) mass is 732 g/mol. The van der Waals surface area contributed by atoms with Crippen LogP contribution in [-0.2, 0) is 44.5 Å². The average molecular weight is 733 g/mol. The number of carbonyl (C=O) groups excluding carboxylic acids is 4. The average Bonchev–Trinajstić information content (AvgIpc) is 3.78.